The van der Waals surface area contributed by atoms with Crippen LogP contribution in [0.1, 0.15) is 11.4 Å². The van der Waals surface area contributed by atoms with Gasteiger partial charge in [0, 0.05) is 24.6 Å². The first-order valence-electron chi connectivity index (χ1n) is 6.15. The maximum absolute atomic E-state index is 6.11. The summed E-state index contributed by atoms with van der Waals surface area (Å²) in [6.45, 7) is 0. The molecule has 0 fully saturated rings. The zero-order valence-corrected chi connectivity index (χ0v) is 10.4. The lowest BCUT2D eigenvalue weighted by molar-refractivity contribution is 0.301. The van der Waals surface area contributed by atoms with Gasteiger partial charge in [0.2, 0.25) is 0 Å². The first-order valence-corrected chi connectivity index (χ1v) is 6.15. The average Bonchev–Trinajstić information content (AvgIpc) is 3.06. The highest BCUT2D eigenvalue weighted by atomic mass is 16.6. The molecule has 1 aliphatic carbocycles. The highest BCUT2D eigenvalue weighted by molar-refractivity contribution is 5.95. The maximum atomic E-state index is 6.11. The molecule has 100 valence electrons. The molecular formula is C12H10N6O2. The Bertz CT molecular complexity index is 805. The molecule has 1 aliphatic rings. The largest absolute Gasteiger partial charge is 0.323 e. The summed E-state index contributed by atoms with van der Waals surface area (Å²) >= 11 is 0. The highest BCUT2D eigenvalue weighted by Crippen LogP contribution is 2.22. The molecule has 0 saturated carbocycles. The van der Waals surface area contributed by atoms with Gasteiger partial charge in [-0.3, -0.25) is 4.99 Å². The van der Waals surface area contributed by atoms with Crippen LogP contribution in [-0.2, 0) is 12.8 Å². The van der Waals surface area contributed by atoms with E-state index in [2.05, 4.69) is 30.2 Å². The second kappa shape index (κ2) is 4.20. The second-order valence-corrected chi connectivity index (χ2v) is 4.69. The Hall–Kier alpha value is -2.61. The van der Waals surface area contributed by atoms with Crippen LogP contribution in [0.15, 0.2) is 32.4 Å². The van der Waals surface area contributed by atoms with Gasteiger partial charge in [0.15, 0.2) is 0 Å². The zero-order chi connectivity index (χ0) is 13.5. The van der Waals surface area contributed by atoms with Crippen LogP contribution in [0.25, 0.3) is 11.0 Å². The number of nitrogens with two attached hydrogens (primary N) is 1. The van der Waals surface area contributed by atoms with Crippen LogP contribution in [0.5, 0.6) is 0 Å². The Kier molecular flexibility index (Phi) is 2.36. The van der Waals surface area contributed by atoms with E-state index in [-0.39, 0.29) is 6.04 Å². The second-order valence-electron chi connectivity index (χ2n) is 4.69. The highest BCUT2D eigenvalue weighted by Gasteiger charge is 2.25. The molecular weight excluding hydrogens is 260 g/mol. The summed E-state index contributed by atoms with van der Waals surface area (Å²) in [5.74, 6) is 0. The summed E-state index contributed by atoms with van der Waals surface area (Å²) < 4.78 is 9.38. The monoisotopic (exact) mass is 270 g/mol. The normalized spacial score (nSPS) is 20.4. The molecule has 4 rings (SSSR count). The Labute approximate surface area is 112 Å². The average molecular weight is 270 g/mol. The summed E-state index contributed by atoms with van der Waals surface area (Å²) in [5, 5.41) is 15.2. The molecule has 0 aliphatic heterocycles. The third-order valence-electron chi connectivity index (χ3n) is 3.34. The van der Waals surface area contributed by atoms with Crippen LogP contribution < -0.4 is 5.73 Å². The first kappa shape index (κ1) is 11.2. The summed E-state index contributed by atoms with van der Waals surface area (Å²) in [6.07, 6.45) is 1.14. The zero-order valence-electron chi connectivity index (χ0n) is 10.4. The summed E-state index contributed by atoms with van der Waals surface area (Å²) in [7, 11) is 0. The minimum atomic E-state index is -0.180. The van der Waals surface area contributed by atoms with Crippen molar-refractivity contribution in [3.8, 4) is 0 Å². The minimum Gasteiger partial charge on any atom is -0.323 e. The van der Waals surface area contributed by atoms with E-state index < -0.39 is 0 Å². The number of benzene rings is 1. The predicted molar refractivity (Wildman–Crippen MR) is 68.6 cm³/mol. The third kappa shape index (κ3) is 1.77. The van der Waals surface area contributed by atoms with E-state index >= 15 is 0 Å². The first-order chi connectivity index (χ1) is 9.79. The molecule has 0 amide bonds. The van der Waals surface area contributed by atoms with Gasteiger partial charge >= 0.3 is 0 Å². The van der Waals surface area contributed by atoms with Crippen LogP contribution in [0.2, 0.25) is 0 Å². The van der Waals surface area contributed by atoms with E-state index in [1.807, 2.05) is 18.2 Å². The van der Waals surface area contributed by atoms with Crippen molar-refractivity contribution in [1.82, 2.24) is 20.6 Å². The molecule has 0 saturated heterocycles. The van der Waals surface area contributed by atoms with Crippen molar-refractivity contribution in [1.29, 1.82) is 0 Å². The maximum Gasteiger partial charge on any atom is 0.137 e. The van der Waals surface area contributed by atoms with Gasteiger partial charge in [0.1, 0.15) is 22.4 Å². The smallest absolute Gasteiger partial charge is 0.137 e. The Balaban J connectivity index is 1.72. The number of rotatable bonds is 1. The van der Waals surface area contributed by atoms with Crippen LogP contribution in [0, 0.1) is 0 Å². The van der Waals surface area contributed by atoms with Crippen LogP contribution in [0.3, 0.4) is 0 Å². The SMILES string of the molecule is NC1Cc2nonc2CC1=Nc1ccc2nonc2c1. The molecule has 0 spiro atoms. The molecule has 0 bridgehead atoms. The van der Waals surface area contributed by atoms with Gasteiger partial charge in [0.25, 0.3) is 0 Å². The fourth-order valence-electron chi connectivity index (χ4n) is 2.27. The number of aliphatic imine (C=N–C) groups is 1. The van der Waals surface area contributed by atoms with Crippen molar-refractivity contribution in [3.05, 3.63) is 29.6 Å². The molecule has 2 N–H and O–H groups in total. The van der Waals surface area contributed by atoms with E-state index in [0.717, 1.165) is 22.8 Å². The lowest BCUT2D eigenvalue weighted by atomic mass is 9.94. The minimum absolute atomic E-state index is 0.180. The van der Waals surface area contributed by atoms with Crippen LogP contribution in [0.4, 0.5) is 5.69 Å². The van der Waals surface area contributed by atoms with Gasteiger partial charge in [-0.05, 0) is 28.5 Å². The molecule has 1 aromatic carbocycles. The topological polar surface area (TPSA) is 116 Å². The van der Waals surface area contributed by atoms with E-state index in [0.29, 0.717) is 23.9 Å². The lowest BCUT2D eigenvalue weighted by Gasteiger charge is -2.18. The quantitative estimate of drug-likeness (QED) is 0.695. The third-order valence-corrected chi connectivity index (χ3v) is 3.34. The standard InChI is InChI=1S/C12H10N6O2/c13-7-4-11-12(18-20-17-11)5-9(7)14-6-1-2-8-10(3-6)16-19-15-8/h1-3,7H,4-5,13H2. The molecule has 2 heterocycles. The Morgan fingerprint density at radius 2 is 1.85 bits per heavy atom. The summed E-state index contributed by atoms with van der Waals surface area (Å²) in [6, 6.07) is 5.29. The molecule has 20 heavy (non-hydrogen) atoms. The van der Waals surface area contributed by atoms with Crippen molar-refractivity contribution in [3.63, 3.8) is 0 Å². The van der Waals surface area contributed by atoms with Crippen molar-refractivity contribution in [2.45, 2.75) is 18.9 Å². The molecule has 2 aromatic heterocycles. The lowest BCUT2D eigenvalue weighted by Crippen LogP contribution is -2.38. The number of hydrogen-bond acceptors (Lipinski definition) is 8. The van der Waals surface area contributed by atoms with Gasteiger partial charge < -0.3 is 5.73 Å². The molecule has 3 aromatic rings. The number of aromatic nitrogens is 4. The van der Waals surface area contributed by atoms with Crippen molar-refractivity contribution in [2.75, 3.05) is 0 Å². The van der Waals surface area contributed by atoms with E-state index in [1.165, 1.54) is 0 Å². The van der Waals surface area contributed by atoms with E-state index in [9.17, 15) is 0 Å². The predicted octanol–water partition coefficient (Wildman–Crippen LogP) is 0.804. The summed E-state index contributed by atoms with van der Waals surface area (Å²) in [5.41, 5.74) is 10.7. The van der Waals surface area contributed by atoms with E-state index in [1.54, 1.807) is 0 Å². The van der Waals surface area contributed by atoms with Gasteiger partial charge in [-0.1, -0.05) is 10.3 Å². The molecule has 1 unspecified atom stereocenters. The number of fused-ring (bicyclic) bond motifs is 2. The van der Waals surface area contributed by atoms with Crippen LogP contribution in [-0.4, -0.2) is 32.4 Å². The van der Waals surface area contributed by atoms with Crippen molar-refractivity contribution in [2.24, 2.45) is 10.7 Å². The molecule has 1 atom stereocenters. The fourth-order valence-corrected chi connectivity index (χ4v) is 2.27. The summed E-state index contributed by atoms with van der Waals surface area (Å²) in [4.78, 5) is 4.58. The van der Waals surface area contributed by atoms with Crippen LogP contribution >= 0.6 is 0 Å². The van der Waals surface area contributed by atoms with Gasteiger partial charge in [-0.15, -0.1) is 0 Å². The van der Waals surface area contributed by atoms with E-state index in [4.69, 9.17) is 10.4 Å². The van der Waals surface area contributed by atoms with Gasteiger partial charge in [-0.25, -0.2) is 9.26 Å². The Morgan fingerprint density at radius 3 is 2.80 bits per heavy atom. The number of nitrogens with zero attached hydrogens (tertiary/aromatic N) is 5. The Morgan fingerprint density at radius 1 is 1.05 bits per heavy atom. The molecule has 8 nitrogen and oxygen atoms in total. The van der Waals surface area contributed by atoms with Gasteiger partial charge in [0.05, 0.1) is 5.69 Å². The molecule has 0 radical (unpaired) electrons. The molecule has 8 heteroatoms. The fraction of sp³-hybridized carbons (Fsp3) is 0.250. The number of hydrogen-bond donors (Lipinski definition) is 1. The van der Waals surface area contributed by atoms with Crippen molar-refractivity contribution >= 4 is 22.4 Å². The van der Waals surface area contributed by atoms with Gasteiger partial charge in [-0.2, -0.15) is 0 Å². The van der Waals surface area contributed by atoms with Crippen molar-refractivity contribution < 1.29 is 9.26 Å².